The zero-order valence-electron chi connectivity index (χ0n) is 2.61. The fourth-order valence-corrected chi connectivity index (χ4v) is 0. The summed E-state index contributed by atoms with van der Waals surface area (Å²) in [6.45, 7) is 0. The second-order valence-corrected chi connectivity index (χ2v) is 0.595. The quantitative estimate of drug-likeness (QED) is 0.266. The van der Waals surface area contributed by atoms with Crippen molar-refractivity contribution in [1.82, 2.24) is 0 Å². The van der Waals surface area contributed by atoms with Crippen LogP contribution in [0.5, 0.6) is 0 Å². The minimum absolute atomic E-state index is 1.26. The molecule has 6 nitrogen and oxygen atoms in total. The van der Waals surface area contributed by atoms with Crippen LogP contribution in [0.4, 0.5) is 0 Å². The Morgan fingerprint density at radius 2 is 1.83 bits per heavy atom. The van der Waals surface area contributed by atoms with E-state index in [9.17, 15) is 0 Å². The van der Waals surface area contributed by atoms with Gasteiger partial charge >= 0.3 is 0 Å². The molecule has 0 amide bonds. The third kappa shape index (κ3) is 3.44. The van der Waals surface area contributed by atoms with Gasteiger partial charge in [0.15, 0.2) is 0 Å². The van der Waals surface area contributed by atoms with Gasteiger partial charge in [-0.3, -0.25) is 0 Å². The molecule has 0 fully saturated rings. The molecular formula is H2N2O4. The molecule has 0 bridgehead atoms. The van der Waals surface area contributed by atoms with Crippen LogP contribution in [0.15, 0.2) is 5.29 Å². The van der Waals surface area contributed by atoms with Crippen molar-refractivity contribution < 1.29 is 15.5 Å². The average molecular weight is 94.0 g/mol. The molecule has 6 heavy (non-hydrogen) atoms. The maximum absolute atomic E-state index is 9.04. The molecule has 0 aromatic carbocycles. The molecule has 0 aromatic rings. The molecule has 0 rings (SSSR count). The predicted octanol–water partition coefficient (Wildman–Crippen LogP) is -0.239. The van der Waals surface area contributed by atoms with Gasteiger partial charge in [0.05, 0.1) is 5.08 Å². The van der Waals surface area contributed by atoms with Crippen molar-refractivity contribution in [2.75, 3.05) is 0 Å². The van der Waals surface area contributed by atoms with Crippen LogP contribution in [0.2, 0.25) is 0 Å². The van der Waals surface area contributed by atoms with Gasteiger partial charge in [0, 0.05) is 0 Å². The molecule has 0 aliphatic carbocycles. The Bertz CT molecular complexity index is 51.1. The molecule has 0 aliphatic heterocycles. The molecule has 0 aliphatic rings. The van der Waals surface area contributed by atoms with Crippen LogP contribution in [-0.4, -0.2) is 15.5 Å². The van der Waals surface area contributed by atoms with Gasteiger partial charge in [-0.05, 0) is 0 Å². The zero-order valence-corrected chi connectivity index (χ0v) is 2.61. The van der Waals surface area contributed by atoms with E-state index in [4.69, 9.17) is 20.5 Å². The third-order valence-electron chi connectivity index (χ3n) is 0.106. The lowest BCUT2D eigenvalue weighted by Crippen LogP contribution is -2.25. The Kier molecular flexibility index (Phi) is 1.15. The molecule has 0 unspecified atom stereocenters. The molecule has 0 saturated carbocycles. The zero-order chi connectivity index (χ0) is 5.21. The minimum atomic E-state index is -3.11. The van der Waals surface area contributed by atoms with Crippen LogP contribution in [0, 0.1) is 10.1 Å². The number of hydrogen-bond acceptors (Lipinski definition) is 5. The summed E-state index contributed by atoms with van der Waals surface area (Å²) in [5.41, 5.74) is 0. The molecule has 0 spiro atoms. The molecular weight excluding hydrogens is 92.0 g/mol. The summed E-state index contributed by atoms with van der Waals surface area (Å²) in [7, 11) is 0. The number of nitroso groups, excluding NO2 is 1. The van der Waals surface area contributed by atoms with Gasteiger partial charge in [-0.1, -0.05) is 4.91 Å². The molecule has 0 heterocycles. The summed E-state index contributed by atoms with van der Waals surface area (Å²) in [5, 5.41) is 21.8. The lowest BCUT2D eigenvalue weighted by atomic mass is 12.5. The first-order chi connectivity index (χ1) is 2.56. The smallest absolute Gasteiger partial charge is 0.228 e. The van der Waals surface area contributed by atoms with Crippen LogP contribution >= 0.6 is 0 Å². The lowest BCUT2D eigenvalue weighted by Gasteiger charge is -2.08. The standard InChI is InChI=1S/H2N2O4/c3-1-2(4,5)6/h4-5H. The summed E-state index contributed by atoms with van der Waals surface area (Å²) in [6.07, 6.45) is 0. The fourth-order valence-electron chi connectivity index (χ4n) is 0. The summed E-state index contributed by atoms with van der Waals surface area (Å²) in [4.78, 5) is 8.74. The first kappa shape index (κ1) is 5.44. The molecule has 0 radical (unpaired) electrons. The Balaban J connectivity index is 3.45. The highest BCUT2D eigenvalue weighted by Crippen LogP contribution is 1.86. The first-order valence-corrected chi connectivity index (χ1v) is 0.965. The van der Waals surface area contributed by atoms with Crippen molar-refractivity contribution in [3.8, 4) is 0 Å². The Morgan fingerprint density at radius 3 is 1.83 bits per heavy atom. The maximum Gasteiger partial charge on any atom is 0.228 e. The highest BCUT2D eigenvalue weighted by Gasteiger charge is 2.04. The third-order valence-corrected chi connectivity index (χ3v) is 0.106. The minimum Gasteiger partial charge on any atom is -0.533 e. The van der Waals surface area contributed by atoms with Crippen molar-refractivity contribution in [3.63, 3.8) is 0 Å². The number of nitrogens with zero attached hydrogens (tertiary/aromatic N) is 2. The maximum atomic E-state index is 9.04. The fraction of sp³-hybridized carbons (Fsp3) is 0. The topological polar surface area (TPSA) is 93.0 Å². The Morgan fingerprint density at radius 1 is 1.67 bits per heavy atom. The van der Waals surface area contributed by atoms with E-state index in [0.717, 1.165) is 0 Å². The second-order valence-electron chi connectivity index (χ2n) is 0.595. The van der Waals surface area contributed by atoms with E-state index in [1.165, 1.54) is 5.29 Å². The van der Waals surface area contributed by atoms with E-state index in [1.54, 1.807) is 0 Å². The van der Waals surface area contributed by atoms with E-state index < -0.39 is 5.08 Å². The van der Waals surface area contributed by atoms with Gasteiger partial charge in [0.2, 0.25) is 5.29 Å². The predicted molar refractivity (Wildman–Crippen MR) is 13.0 cm³/mol. The highest BCUT2D eigenvalue weighted by atomic mass is 17.1. The molecule has 0 saturated heterocycles. The van der Waals surface area contributed by atoms with Gasteiger partial charge in [0.25, 0.3) is 0 Å². The Labute approximate surface area is 32.3 Å². The second kappa shape index (κ2) is 1.27. The number of quaternary nitrogens is 1. The van der Waals surface area contributed by atoms with Gasteiger partial charge in [-0.15, -0.1) is 10.4 Å². The van der Waals surface area contributed by atoms with E-state index in [0.29, 0.717) is 0 Å². The monoisotopic (exact) mass is 94.0 g/mol. The van der Waals surface area contributed by atoms with E-state index in [1.807, 2.05) is 0 Å². The first-order valence-electron chi connectivity index (χ1n) is 0.965. The number of hydrogen-bond donors (Lipinski definition) is 2. The average Bonchev–Trinajstić information content (AvgIpc) is 1.35. The van der Waals surface area contributed by atoms with Crippen LogP contribution in [0.3, 0.4) is 0 Å². The van der Waals surface area contributed by atoms with Crippen LogP contribution < -0.4 is 0 Å². The summed E-state index contributed by atoms with van der Waals surface area (Å²) < 4.78 is 0. The van der Waals surface area contributed by atoms with Crippen LogP contribution in [-0.2, 0) is 0 Å². The molecule has 0 aromatic heterocycles. The van der Waals surface area contributed by atoms with E-state index >= 15 is 0 Å². The summed E-state index contributed by atoms with van der Waals surface area (Å²) in [5.74, 6) is 0. The Hall–Kier alpha value is -0.560. The van der Waals surface area contributed by atoms with Gasteiger partial charge < -0.3 is 5.21 Å². The molecule has 36 valence electrons. The normalized spacial score (nSPS) is 11.2. The summed E-state index contributed by atoms with van der Waals surface area (Å²) in [6, 6.07) is 0. The molecule has 6 heteroatoms. The van der Waals surface area contributed by atoms with Crippen molar-refractivity contribution in [2.24, 2.45) is 5.29 Å². The van der Waals surface area contributed by atoms with E-state index in [-0.39, 0.29) is 0 Å². The van der Waals surface area contributed by atoms with Crippen LogP contribution in [0.25, 0.3) is 0 Å². The molecule has 2 N–H and O–H groups in total. The van der Waals surface area contributed by atoms with Gasteiger partial charge in [-0.2, -0.15) is 0 Å². The van der Waals surface area contributed by atoms with Gasteiger partial charge in [-0.25, -0.2) is 0 Å². The molecule has 0 atom stereocenters. The number of rotatable bonds is 1. The van der Waals surface area contributed by atoms with Crippen molar-refractivity contribution in [2.45, 2.75) is 0 Å². The van der Waals surface area contributed by atoms with Crippen molar-refractivity contribution >= 4 is 0 Å². The largest absolute Gasteiger partial charge is 0.533 e. The van der Waals surface area contributed by atoms with Crippen LogP contribution in [0.1, 0.15) is 0 Å². The van der Waals surface area contributed by atoms with Crippen molar-refractivity contribution in [1.29, 1.82) is 0 Å². The summed E-state index contributed by atoms with van der Waals surface area (Å²) >= 11 is 0. The highest BCUT2D eigenvalue weighted by molar-refractivity contribution is 3.97. The SMILES string of the molecule is O=N[N+]([O-])(O)O. The van der Waals surface area contributed by atoms with Gasteiger partial charge in [0.1, 0.15) is 0 Å². The van der Waals surface area contributed by atoms with Crippen molar-refractivity contribution in [3.05, 3.63) is 10.1 Å². The van der Waals surface area contributed by atoms with E-state index in [2.05, 4.69) is 0 Å². The lowest BCUT2D eigenvalue weighted by molar-refractivity contribution is -1.22.